The van der Waals surface area contributed by atoms with E-state index in [9.17, 15) is 14.0 Å². The number of thiazole rings is 1. The number of halogens is 2. The van der Waals surface area contributed by atoms with Gasteiger partial charge in [-0.3, -0.25) is 10.1 Å². The SMILES string of the molecule is COC(=O)Nc1nc2c(s1)CN(C(=O)c1c(F)cccc1Cl)CC2. The zero-order valence-corrected chi connectivity index (χ0v) is 14.2. The topological polar surface area (TPSA) is 71.5 Å². The molecule has 1 aliphatic rings. The Bertz CT molecular complexity index is 791. The molecule has 24 heavy (non-hydrogen) atoms. The number of anilines is 1. The number of ether oxygens (including phenoxy) is 1. The second kappa shape index (κ2) is 6.74. The number of benzene rings is 1. The summed E-state index contributed by atoms with van der Waals surface area (Å²) < 4.78 is 18.5. The number of carbonyl (C=O) groups is 2. The molecule has 0 saturated heterocycles. The lowest BCUT2D eigenvalue weighted by Gasteiger charge is -2.26. The van der Waals surface area contributed by atoms with Crippen molar-refractivity contribution in [1.82, 2.24) is 9.88 Å². The maximum Gasteiger partial charge on any atom is 0.413 e. The summed E-state index contributed by atoms with van der Waals surface area (Å²) in [5, 5.41) is 3.00. The van der Waals surface area contributed by atoms with E-state index in [1.807, 2.05) is 0 Å². The van der Waals surface area contributed by atoms with E-state index >= 15 is 0 Å². The Morgan fingerprint density at radius 2 is 2.25 bits per heavy atom. The van der Waals surface area contributed by atoms with Gasteiger partial charge in [-0.05, 0) is 12.1 Å². The van der Waals surface area contributed by atoms with E-state index < -0.39 is 17.8 Å². The molecule has 1 N–H and O–H groups in total. The lowest BCUT2D eigenvalue weighted by atomic mass is 10.1. The zero-order chi connectivity index (χ0) is 17.3. The minimum Gasteiger partial charge on any atom is -0.453 e. The molecule has 0 aliphatic carbocycles. The standard InChI is InChI=1S/C15H13ClFN3O3S/c1-23-15(22)19-14-18-10-5-6-20(7-11(10)24-14)13(21)12-8(16)3-2-4-9(12)17/h2-4H,5-7H2,1H3,(H,18,19,22). The molecule has 6 nitrogen and oxygen atoms in total. The minimum atomic E-state index is -0.643. The molecule has 0 spiro atoms. The Morgan fingerprint density at radius 3 is 2.96 bits per heavy atom. The van der Waals surface area contributed by atoms with Gasteiger partial charge >= 0.3 is 6.09 Å². The van der Waals surface area contributed by atoms with Crippen molar-refractivity contribution < 1.29 is 18.7 Å². The van der Waals surface area contributed by atoms with Crippen LogP contribution in [-0.4, -0.2) is 35.5 Å². The maximum atomic E-state index is 13.9. The van der Waals surface area contributed by atoms with Gasteiger partial charge in [0.1, 0.15) is 5.82 Å². The van der Waals surface area contributed by atoms with Gasteiger partial charge in [0, 0.05) is 17.8 Å². The van der Waals surface area contributed by atoms with E-state index in [0.717, 1.165) is 10.6 Å². The molecule has 0 unspecified atom stereocenters. The number of methoxy groups -OCH3 is 1. The first-order chi connectivity index (χ1) is 11.5. The largest absolute Gasteiger partial charge is 0.453 e. The molecular weight excluding hydrogens is 357 g/mol. The second-order valence-corrected chi connectivity index (χ2v) is 6.57. The van der Waals surface area contributed by atoms with Gasteiger partial charge in [0.25, 0.3) is 5.91 Å². The summed E-state index contributed by atoms with van der Waals surface area (Å²) in [7, 11) is 1.27. The first kappa shape index (κ1) is 16.7. The Labute approximate surface area is 146 Å². The third-order valence-corrected chi connectivity index (χ3v) is 4.90. The molecule has 0 fully saturated rings. The van der Waals surface area contributed by atoms with E-state index in [1.54, 1.807) is 0 Å². The Hall–Kier alpha value is -2.19. The molecule has 3 rings (SSSR count). The molecular formula is C15H13ClFN3O3S. The molecule has 0 bridgehead atoms. The number of amides is 2. The number of rotatable bonds is 2. The molecule has 0 radical (unpaired) electrons. The number of aromatic nitrogens is 1. The second-order valence-electron chi connectivity index (χ2n) is 5.08. The summed E-state index contributed by atoms with van der Waals surface area (Å²) in [6, 6.07) is 4.15. The van der Waals surface area contributed by atoms with Crippen molar-refractivity contribution in [1.29, 1.82) is 0 Å². The number of nitrogens with one attached hydrogen (secondary N) is 1. The van der Waals surface area contributed by atoms with Gasteiger partial charge in [-0.1, -0.05) is 29.0 Å². The average Bonchev–Trinajstić information content (AvgIpc) is 2.95. The number of nitrogens with zero attached hydrogens (tertiary/aromatic N) is 2. The van der Waals surface area contributed by atoms with Gasteiger partial charge in [0.15, 0.2) is 5.13 Å². The smallest absolute Gasteiger partial charge is 0.413 e. The lowest BCUT2D eigenvalue weighted by molar-refractivity contribution is 0.0731. The van der Waals surface area contributed by atoms with E-state index in [0.29, 0.717) is 24.6 Å². The van der Waals surface area contributed by atoms with Crippen LogP contribution in [0.2, 0.25) is 5.02 Å². The third kappa shape index (κ3) is 3.20. The van der Waals surface area contributed by atoms with Crippen molar-refractivity contribution >= 4 is 40.1 Å². The van der Waals surface area contributed by atoms with Crippen LogP contribution in [0, 0.1) is 5.82 Å². The van der Waals surface area contributed by atoms with Crippen LogP contribution in [0.15, 0.2) is 18.2 Å². The minimum absolute atomic E-state index is 0.0862. The first-order valence-electron chi connectivity index (χ1n) is 7.06. The molecule has 2 aromatic rings. The number of hydrogen-bond donors (Lipinski definition) is 1. The van der Waals surface area contributed by atoms with Crippen molar-refractivity contribution in [2.75, 3.05) is 19.0 Å². The summed E-state index contributed by atoms with van der Waals surface area (Å²) in [5.74, 6) is -1.10. The van der Waals surface area contributed by atoms with Crippen LogP contribution >= 0.6 is 22.9 Å². The number of carbonyl (C=O) groups excluding carboxylic acids is 2. The monoisotopic (exact) mass is 369 g/mol. The van der Waals surface area contributed by atoms with E-state index in [2.05, 4.69) is 15.0 Å². The normalized spacial score (nSPS) is 13.4. The first-order valence-corrected chi connectivity index (χ1v) is 8.26. The molecule has 0 saturated carbocycles. The highest BCUT2D eigenvalue weighted by molar-refractivity contribution is 7.15. The van der Waals surface area contributed by atoms with Gasteiger partial charge in [-0.2, -0.15) is 0 Å². The van der Waals surface area contributed by atoms with E-state index in [1.165, 1.54) is 41.5 Å². The van der Waals surface area contributed by atoms with Crippen LogP contribution < -0.4 is 5.32 Å². The maximum absolute atomic E-state index is 13.9. The Morgan fingerprint density at radius 1 is 1.46 bits per heavy atom. The Balaban J connectivity index is 1.80. The fraction of sp³-hybridized carbons (Fsp3) is 0.267. The Kier molecular flexibility index (Phi) is 4.68. The highest BCUT2D eigenvalue weighted by Gasteiger charge is 2.28. The molecule has 9 heteroatoms. The quantitative estimate of drug-likeness (QED) is 0.881. The zero-order valence-electron chi connectivity index (χ0n) is 12.6. The van der Waals surface area contributed by atoms with Crippen LogP contribution in [0.1, 0.15) is 20.9 Å². The van der Waals surface area contributed by atoms with Crippen LogP contribution in [-0.2, 0) is 17.7 Å². The third-order valence-electron chi connectivity index (χ3n) is 3.59. The lowest BCUT2D eigenvalue weighted by Crippen LogP contribution is -2.36. The van der Waals surface area contributed by atoms with Crippen LogP contribution in [0.3, 0.4) is 0 Å². The number of fused-ring (bicyclic) bond motifs is 1. The van der Waals surface area contributed by atoms with Crippen molar-refractivity contribution in [2.24, 2.45) is 0 Å². The summed E-state index contributed by atoms with van der Waals surface area (Å²) in [5.41, 5.74) is 0.690. The van der Waals surface area contributed by atoms with Gasteiger partial charge in [-0.15, -0.1) is 0 Å². The van der Waals surface area contributed by atoms with E-state index in [4.69, 9.17) is 11.6 Å². The van der Waals surface area contributed by atoms with E-state index in [-0.39, 0.29) is 10.6 Å². The van der Waals surface area contributed by atoms with Crippen molar-refractivity contribution in [2.45, 2.75) is 13.0 Å². The van der Waals surface area contributed by atoms with Crippen LogP contribution in [0.25, 0.3) is 0 Å². The summed E-state index contributed by atoms with van der Waals surface area (Å²) in [6.07, 6.45) is -0.0841. The number of hydrogen-bond acceptors (Lipinski definition) is 5. The molecule has 0 atom stereocenters. The van der Waals surface area contributed by atoms with Crippen molar-refractivity contribution in [3.05, 3.63) is 45.2 Å². The predicted octanol–water partition coefficient (Wildman–Crippen LogP) is 3.31. The van der Waals surface area contributed by atoms with Gasteiger partial charge in [0.2, 0.25) is 0 Å². The molecule has 126 valence electrons. The summed E-state index contributed by atoms with van der Waals surface area (Å²) in [6.45, 7) is 0.692. The highest BCUT2D eigenvalue weighted by atomic mass is 35.5. The van der Waals surface area contributed by atoms with Crippen molar-refractivity contribution in [3.8, 4) is 0 Å². The predicted molar refractivity (Wildman–Crippen MR) is 88.0 cm³/mol. The highest BCUT2D eigenvalue weighted by Crippen LogP contribution is 2.30. The van der Waals surface area contributed by atoms with Gasteiger partial charge < -0.3 is 9.64 Å². The van der Waals surface area contributed by atoms with Crippen LogP contribution in [0.5, 0.6) is 0 Å². The molecule has 1 aliphatic heterocycles. The average molecular weight is 370 g/mol. The van der Waals surface area contributed by atoms with Gasteiger partial charge in [0.05, 0.1) is 29.9 Å². The molecule has 1 aromatic carbocycles. The molecule has 2 heterocycles. The fourth-order valence-electron chi connectivity index (χ4n) is 2.42. The van der Waals surface area contributed by atoms with Crippen LogP contribution in [0.4, 0.5) is 14.3 Å². The summed E-state index contributed by atoms with van der Waals surface area (Å²) in [4.78, 5) is 30.5. The molecule has 1 aromatic heterocycles. The summed E-state index contributed by atoms with van der Waals surface area (Å²) >= 11 is 7.22. The fourth-order valence-corrected chi connectivity index (χ4v) is 3.67. The van der Waals surface area contributed by atoms with Gasteiger partial charge in [-0.25, -0.2) is 14.2 Å². The molecule has 2 amide bonds. The van der Waals surface area contributed by atoms with Crippen molar-refractivity contribution in [3.63, 3.8) is 0 Å².